The molecular formula is C10H8ClNO2. The van der Waals surface area contributed by atoms with Gasteiger partial charge in [-0.2, -0.15) is 0 Å². The third-order valence-electron chi connectivity index (χ3n) is 2.21. The Morgan fingerprint density at radius 2 is 1.86 bits per heavy atom. The average molecular weight is 210 g/mol. The van der Waals surface area contributed by atoms with Crippen molar-refractivity contribution in [2.45, 2.75) is 12.5 Å². The van der Waals surface area contributed by atoms with Gasteiger partial charge in [0, 0.05) is 17.2 Å². The van der Waals surface area contributed by atoms with E-state index in [9.17, 15) is 9.59 Å². The summed E-state index contributed by atoms with van der Waals surface area (Å²) in [5, 5.41) is 0.647. The van der Waals surface area contributed by atoms with Crippen LogP contribution < -0.4 is 0 Å². The number of carbonyl (C=O) groups is 2. The number of hydrogen-bond donors (Lipinski definition) is 0. The van der Waals surface area contributed by atoms with E-state index >= 15 is 0 Å². The summed E-state index contributed by atoms with van der Waals surface area (Å²) in [7, 11) is 0. The third-order valence-corrected chi connectivity index (χ3v) is 2.49. The van der Waals surface area contributed by atoms with Crippen LogP contribution in [0, 0.1) is 0 Å². The zero-order chi connectivity index (χ0) is 10.1. The summed E-state index contributed by atoms with van der Waals surface area (Å²) in [6.07, 6.45) is 8.44. The molecule has 0 radical (unpaired) electrons. The SMILES string of the molecule is O=C1C=CC(=O)N1C1C=CC(Cl)=CC1. The summed E-state index contributed by atoms with van der Waals surface area (Å²) in [6.45, 7) is 0. The molecule has 0 aromatic rings. The monoisotopic (exact) mass is 209 g/mol. The lowest BCUT2D eigenvalue weighted by Crippen LogP contribution is -2.39. The fraction of sp³-hybridized carbons (Fsp3) is 0.200. The maximum atomic E-state index is 11.3. The molecule has 2 rings (SSSR count). The maximum Gasteiger partial charge on any atom is 0.254 e. The van der Waals surface area contributed by atoms with Gasteiger partial charge in [0.15, 0.2) is 0 Å². The predicted molar refractivity (Wildman–Crippen MR) is 52.5 cm³/mol. The molecule has 0 spiro atoms. The van der Waals surface area contributed by atoms with Gasteiger partial charge in [-0.25, -0.2) is 0 Å². The number of carbonyl (C=O) groups excluding carboxylic acids is 2. The van der Waals surface area contributed by atoms with E-state index in [2.05, 4.69) is 0 Å². The van der Waals surface area contributed by atoms with Crippen LogP contribution in [0.2, 0.25) is 0 Å². The van der Waals surface area contributed by atoms with Crippen LogP contribution in [-0.2, 0) is 9.59 Å². The van der Waals surface area contributed by atoms with E-state index < -0.39 is 0 Å². The number of hydrogen-bond acceptors (Lipinski definition) is 2. The normalized spacial score (nSPS) is 25.9. The topological polar surface area (TPSA) is 37.4 Å². The standard InChI is InChI=1S/C10H8ClNO2/c11-7-1-3-8(4-2-7)12-9(13)5-6-10(12)14/h1-3,5-6,8H,4H2. The van der Waals surface area contributed by atoms with E-state index in [4.69, 9.17) is 11.6 Å². The molecule has 3 nitrogen and oxygen atoms in total. The molecule has 14 heavy (non-hydrogen) atoms. The highest BCUT2D eigenvalue weighted by atomic mass is 35.5. The van der Waals surface area contributed by atoms with Crippen LogP contribution in [0.25, 0.3) is 0 Å². The molecular weight excluding hydrogens is 202 g/mol. The van der Waals surface area contributed by atoms with Crippen LogP contribution in [0.15, 0.2) is 35.4 Å². The molecule has 0 aromatic heterocycles. The minimum Gasteiger partial charge on any atom is -0.269 e. The molecule has 0 saturated heterocycles. The smallest absolute Gasteiger partial charge is 0.254 e. The Bertz CT molecular complexity index is 364. The van der Waals surface area contributed by atoms with E-state index in [1.54, 1.807) is 18.2 Å². The van der Waals surface area contributed by atoms with Gasteiger partial charge in [0.05, 0.1) is 6.04 Å². The van der Waals surface area contributed by atoms with Crippen LogP contribution in [0.1, 0.15) is 6.42 Å². The van der Waals surface area contributed by atoms with Gasteiger partial charge in [0.1, 0.15) is 0 Å². The van der Waals surface area contributed by atoms with E-state index in [1.807, 2.05) is 0 Å². The fourth-order valence-corrected chi connectivity index (χ4v) is 1.67. The molecule has 72 valence electrons. The lowest BCUT2D eigenvalue weighted by atomic mass is 10.1. The Hall–Kier alpha value is -1.35. The largest absolute Gasteiger partial charge is 0.269 e. The first-order valence-corrected chi connectivity index (χ1v) is 4.65. The summed E-state index contributed by atoms with van der Waals surface area (Å²) < 4.78 is 0. The number of amides is 2. The molecule has 0 N–H and O–H groups in total. The quantitative estimate of drug-likeness (QED) is 0.612. The average Bonchev–Trinajstić information content (AvgIpc) is 2.49. The lowest BCUT2D eigenvalue weighted by Gasteiger charge is -2.23. The molecule has 1 unspecified atom stereocenters. The van der Waals surface area contributed by atoms with E-state index in [1.165, 1.54) is 17.1 Å². The summed E-state index contributed by atoms with van der Waals surface area (Å²) in [6, 6.07) is -0.188. The molecule has 0 fully saturated rings. The minimum absolute atomic E-state index is 0.188. The van der Waals surface area contributed by atoms with E-state index in [0.717, 1.165) is 0 Å². The van der Waals surface area contributed by atoms with Gasteiger partial charge in [-0.15, -0.1) is 0 Å². The molecule has 1 heterocycles. The Labute approximate surface area is 86.3 Å². The second-order valence-corrected chi connectivity index (χ2v) is 3.57. The van der Waals surface area contributed by atoms with Crippen molar-refractivity contribution in [1.29, 1.82) is 0 Å². The van der Waals surface area contributed by atoms with Crippen molar-refractivity contribution in [1.82, 2.24) is 4.90 Å². The summed E-state index contributed by atoms with van der Waals surface area (Å²) in [5.41, 5.74) is 0. The van der Waals surface area contributed by atoms with Gasteiger partial charge in [-0.05, 0) is 12.5 Å². The molecule has 2 aliphatic rings. The van der Waals surface area contributed by atoms with Gasteiger partial charge in [-0.3, -0.25) is 14.5 Å². The molecule has 0 aromatic carbocycles. The van der Waals surface area contributed by atoms with Gasteiger partial charge in [0.2, 0.25) is 0 Å². The maximum absolute atomic E-state index is 11.3. The van der Waals surface area contributed by atoms with Crippen LogP contribution >= 0.6 is 11.6 Å². The van der Waals surface area contributed by atoms with Gasteiger partial charge >= 0.3 is 0 Å². The minimum atomic E-state index is -0.254. The first-order chi connectivity index (χ1) is 6.68. The van der Waals surface area contributed by atoms with Crippen LogP contribution in [0.3, 0.4) is 0 Å². The Kier molecular flexibility index (Phi) is 2.25. The van der Waals surface area contributed by atoms with E-state index in [-0.39, 0.29) is 17.9 Å². The molecule has 1 aliphatic heterocycles. The number of nitrogens with zero attached hydrogens (tertiary/aromatic N) is 1. The number of halogens is 1. The van der Waals surface area contributed by atoms with Crippen molar-refractivity contribution in [2.24, 2.45) is 0 Å². The second-order valence-electron chi connectivity index (χ2n) is 3.13. The highest BCUT2D eigenvalue weighted by molar-refractivity contribution is 6.31. The number of imide groups is 1. The van der Waals surface area contributed by atoms with Crippen LogP contribution in [-0.4, -0.2) is 22.8 Å². The van der Waals surface area contributed by atoms with E-state index in [0.29, 0.717) is 11.5 Å². The van der Waals surface area contributed by atoms with Crippen LogP contribution in [0.5, 0.6) is 0 Å². The molecule has 1 aliphatic carbocycles. The zero-order valence-electron chi connectivity index (χ0n) is 7.31. The zero-order valence-corrected chi connectivity index (χ0v) is 8.07. The van der Waals surface area contributed by atoms with Crippen molar-refractivity contribution in [3.05, 3.63) is 35.4 Å². The van der Waals surface area contributed by atoms with Crippen molar-refractivity contribution in [3.63, 3.8) is 0 Å². The van der Waals surface area contributed by atoms with Crippen molar-refractivity contribution in [3.8, 4) is 0 Å². The van der Waals surface area contributed by atoms with Gasteiger partial charge in [0.25, 0.3) is 11.8 Å². The molecule has 2 amide bonds. The molecule has 0 bridgehead atoms. The highest BCUT2D eigenvalue weighted by Gasteiger charge is 2.29. The summed E-state index contributed by atoms with van der Waals surface area (Å²) in [5.74, 6) is -0.507. The predicted octanol–water partition coefficient (Wildman–Crippen LogP) is 1.36. The fourth-order valence-electron chi connectivity index (χ4n) is 1.51. The van der Waals surface area contributed by atoms with Gasteiger partial charge < -0.3 is 0 Å². The second kappa shape index (κ2) is 3.42. The lowest BCUT2D eigenvalue weighted by molar-refractivity contribution is -0.138. The van der Waals surface area contributed by atoms with Crippen molar-refractivity contribution >= 4 is 23.4 Å². The Balaban J connectivity index is 2.15. The van der Waals surface area contributed by atoms with Crippen LogP contribution in [0.4, 0.5) is 0 Å². The van der Waals surface area contributed by atoms with Crippen molar-refractivity contribution in [2.75, 3.05) is 0 Å². The highest BCUT2D eigenvalue weighted by Crippen LogP contribution is 2.20. The summed E-state index contributed by atoms with van der Waals surface area (Å²) >= 11 is 5.73. The molecule has 0 saturated carbocycles. The first-order valence-electron chi connectivity index (χ1n) is 4.27. The van der Waals surface area contributed by atoms with Crippen molar-refractivity contribution < 1.29 is 9.59 Å². The Morgan fingerprint density at radius 1 is 1.21 bits per heavy atom. The first kappa shape index (κ1) is 9.21. The Morgan fingerprint density at radius 3 is 2.36 bits per heavy atom. The number of rotatable bonds is 1. The third kappa shape index (κ3) is 1.51. The molecule has 1 atom stereocenters. The molecule has 4 heteroatoms. The summed E-state index contributed by atoms with van der Waals surface area (Å²) in [4.78, 5) is 23.8. The number of allylic oxidation sites excluding steroid dienone is 2. The van der Waals surface area contributed by atoms with Gasteiger partial charge in [-0.1, -0.05) is 23.8 Å².